The Morgan fingerprint density at radius 1 is 0.620 bits per heavy atom. The lowest BCUT2D eigenvalue weighted by molar-refractivity contribution is -0.156. The van der Waals surface area contributed by atoms with E-state index in [9.17, 15) is 51.8 Å². The van der Waals surface area contributed by atoms with E-state index in [-0.39, 0.29) is 12.8 Å². The second kappa shape index (κ2) is 12.4. The van der Waals surface area contributed by atoms with Gasteiger partial charge in [-0.1, -0.05) is 0 Å². The molecule has 6 saturated carbocycles. The van der Waals surface area contributed by atoms with Gasteiger partial charge in [0.2, 0.25) is 17.0 Å². The highest BCUT2D eigenvalue weighted by atomic mass is 19.2. The van der Waals surface area contributed by atoms with E-state index in [0.717, 1.165) is 35.5 Å². The Hall–Kier alpha value is -3.88. The third-order valence-corrected chi connectivity index (χ3v) is 11.1. The average molecular weight is 724 g/mol. The van der Waals surface area contributed by atoms with E-state index in [1.165, 1.54) is 7.11 Å². The van der Waals surface area contributed by atoms with Gasteiger partial charge in [0.1, 0.15) is 22.4 Å². The van der Waals surface area contributed by atoms with Crippen LogP contribution >= 0.6 is 0 Å². The number of nitrogens with two attached hydrogens (primary N) is 3. The van der Waals surface area contributed by atoms with Crippen molar-refractivity contribution in [2.45, 2.75) is 65.4 Å². The lowest BCUT2D eigenvalue weighted by Crippen LogP contribution is -2.54. The van der Waals surface area contributed by atoms with Crippen molar-refractivity contribution in [3.05, 3.63) is 0 Å². The lowest BCUT2D eigenvalue weighted by Gasteiger charge is -2.26. The fraction of sp³-hybridized carbons (Fsp3) is 0.767. The predicted molar refractivity (Wildman–Crippen MR) is 155 cm³/mol. The van der Waals surface area contributed by atoms with Gasteiger partial charge in [-0.15, -0.1) is 0 Å². The summed E-state index contributed by atoms with van der Waals surface area (Å²) in [5, 5.41) is 9.66. The van der Waals surface area contributed by atoms with Crippen LogP contribution in [0.3, 0.4) is 0 Å². The molecule has 6 aliphatic carbocycles. The molecule has 6 fully saturated rings. The molecule has 7 N–H and O–H groups in total. The zero-order chi connectivity index (χ0) is 38.2. The number of ketones is 1. The van der Waals surface area contributed by atoms with Crippen LogP contribution in [-0.2, 0) is 62.0 Å². The third-order valence-electron chi connectivity index (χ3n) is 11.1. The van der Waals surface area contributed by atoms with Crippen molar-refractivity contribution < 1.29 is 80.3 Å². The maximum absolute atomic E-state index is 14.3. The molecule has 0 radical (unpaired) electrons. The van der Waals surface area contributed by atoms with Crippen LogP contribution in [0, 0.1) is 35.5 Å². The van der Waals surface area contributed by atoms with Crippen molar-refractivity contribution in [2.75, 3.05) is 42.7 Å². The molecule has 280 valence electrons. The minimum Gasteiger partial charge on any atom is -0.468 e. The first-order valence-electron chi connectivity index (χ1n) is 15.2. The molecule has 0 aromatic rings. The van der Waals surface area contributed by atoms with E-state index < -0.39 is 117 Å². The van der Waals surface area contributed by atoms with Crippen molar-refractivity contribution >= 4 is 41.6 Å². The number of hydrogen-bond donors (Lipinski definition) is 4. The minimum atomic E-state index is -2.48. The molecule has 50 heavy (non-hydrogen) atoms. The summed E-state index contributed by atoms with van der Waals surface area (Å²) in [4.78, 5) is 80.0. The Kier molecular flexibility index (Phi) is 9.66. The number of ether oxygens (including phenoxy) is 6. The third kappa shape index (κ3) is 5.00. The van der Waals surface area contributed by atoms with Crippen LogP contribution < -0.4 is 17.2 Å². The molecule has 0 aromatic heterocycles. The highest BCUT2D eigenvalue weighted by Crippen LogP contribution is 2.68. The van der Waals surface area contributed by atoms with E-state index in [4.69, 9.17) is 17.2 Å². The van der Waals surface area contributed by atoms with Crippen molar-refractivity contribution in [1.29, 1.82) is 0 Å². The number of aliphatic hydroxyl groups excluding tert-OH is 1. The molecule has 17 nitrogen and oxygen atoms in total. The van der Waals surface area contributed by atoms with Crippen LogP contribution in [0.5, 0.6) is 0 Å². The highest BCUT2D eigenvalue weighted by molar-refractivity contribution is 6.07. The summed E-state index contributed by atoms with van der Waals surface area (Å²) in [5.74, 6) is -11.9. The van der Waals surface area contributed by atoms with Gasteiger partial charge in [0, 0.05) is 42.4 Å². The predicted octanol–water partition coefficient (Wildman–Crippen LogP) is -2.52. The number of alkyl halides is 3. The fourth-order valence-electron chi connectivity index (χ4n) is 8.70. The molecule has 0 saturated heterocycles. The molecular weight excluding hydrogens is 683 g/mol. The normalized spacial score (nSPS) is 45.0. The molecule has 0 spiro atoms. The van der Waals surface area contributed by atoms with Gasteiger partial charge in [-0.2, -0.15) is 0 Å². The van der Waals surface area contributed by atoms with Crippen LogP contribution in [0.15, 0.2) is 0 Å². The standard InChI is InChI=1S/C10H14FNO5.C10H12FNO5.C10H14FNO4/c2*1-16-7(14)9(12)3-4(13)5-6(9)10(5,11)8(15)17-2;1-15-7(13)9(12)4-3-5-6(9)10(5,11)8(14)16-2/h4-6,13H,3,12H2,1-2H3;5-6H,3,12H2,1-2H3;5-6H,3-4,12H2,1-2H3. The molecular formula is C30H40F3N3O14. The first-order valence-corrected chi connectivity index (χ1v) is 15.2. The number of carbonyl (C=O) groups is 7. The quantitative estimate of drug-likeness (QED) is 0.163. The number of rotatable bonds is 6. The van der Waals surface area contributed by atoms with Gasteiger partial charge in [-0.3, -0.25) is 19.2 Å². The van der Waals surface area contributed by atoms with Crippen molar-refractivity contribution in [1.82, 2.24) is 0 Å². The molecule has 0 aliphatic heterocycles. The summed E-state index contributed by atoms with van der Waals surface area (Å²) in [6, 6.07) is 0. The van der Waals surface area contributed by atoms with Crippen molar-refractivity contribution in [3.63, 3.8) is 0 Å². The molecule has 6 rings (SSSR count). The first-order chi connectivity index (χ1) is 23.1. The number of Topliss-reactive ketones (excluding diaryl/α,β-unsaturated/α-hetero) is 1. The van der Waals surface area contributed by atoms with Gasteiger partial charge < -0.3 is 50.7 Å². The topological polar surface area (TPSA) is 273 Å². The van der Waals surface area contributed by atoms with Crippen molar-refractivity contribution in [3.8, 4) is 0 Å². The van der Waals surface area contributed by atoms with E-state index in [1.807, 2.05) is 0 Å². The molecule has 0 amide bonds. The molecule has 0 bridgehead atoms. The number of methoxy groups -OCH3 is 6. The molecule has 0 heterocycles. The van der Waals surface area contributed by atoms with Gasteiger partial charge >= 0.3 is 35.8 Å². The number of fused-ring (bicyclic) bond motifs is 3. The summed E-state index contributed by atoms with van der Waals surface area (Å²) < 4.78 is 69.4. The van der Waals surface area contributed by atoms with Gasteiger partial charge in [-0.25, -0.2) is 27.6 Å². The summed E-state index contributed by atoms with van der Waals surface area (Å²) in [6.07, 6.45) is -0.817. The van der Waals surface area contributed by atoms with Gasteiger partial charge in [0.15, 0.2) is 0 Å². The minimum absolute atomic E-state index is 0.113. The lowest BCUT2D eigenvalue weighted by atomic mass is 9.90. The molecule has 13 atom stereocenters. The maximum atomic E-state index is 14.3. The van der Waals surface area contributed by atoms with E-state index in [0.29, 0.717) is 12.8 Å². The number of halogens is 3. The second-order valence-electron chi connectivity index (χ2n) is 13.4. The Bertz CT molecular complexity index is 1520. The number of aliphatic hydroxyl groups is 1. The van der Waals surface area contributed by atoms with E-state index in [1.54, 1.807) is 0 Å². The van der Waals surface area contributed by atoms with E-state index >= 15 is 0 Å². The molecule has 20 heteroatoms. The van der Waals surface area contributed by atoms with Crippen LogP contribution in [0.25, 0.3) is 0 Å². The summed E-state index contributed by atoms with van der Waals surface area (Å²) in [5.41, 5.74) is 5.56. The maximum Gasteiger partial charge on any atom is 0.344 e. The molecule has 13 unspecified atom stereocenters. The number of esters is 6. The molecule has 0 aromatic carbocycles. The summed E-state index contributed by atoms with van der Waals surface area (Å²) in [7, 11) is 6.59. The van der Waals surface area contributed by atoms with Crippen LogP contribution in [0.2, 0.25) is 0 Å². The SMILES string of the molecule is COC(=O)C1(N)CC(=O)C2C1C2(F)C(=O)OC.COC(=O)C1(N)CC(O)C2C1C2(F)C(=O)OC.COC(=O)C1(N)CCC2C1C2(F)C(=O)OC. The summed E-state index contributed by atoms with van der Waals surface area (Å²) >= 11 is 0. The zero-order valence-corrected chi connectivity index (χ0v) is 28.0. The first kappa shape index (κ1) is 38.9. The largest absolute Gasteiger partial charge is 0.468 e. The van der Waals surface area contributed by atoms with Crippen LogP contribution in [0.1, 0.15) is 25.7 Å². The van der Waals surface area contributed by atoms with Crippen LogP contribution in [0.4, 0.5) is 13.2 Å². The van der Waals surface area contributed by atoms with Gasteiger partial charge in [0.25, 0.3) is 0 Å². The van der Waals surface area contributed by atoms with Gasteiger partial charge in [-0.05, 0) is 12.8 Å². The van der Waals surface area contributed by atoms with Crippen molar-refractivity contribution in [2.24, 2.45) is 52.7 Å². The second-order valence-corrected chi connectivity index (χ2v) is 13.4. The van der Waals surface area contributed by atoms with Crippen LogP contribution in [-0.4, -0.2) is 129 Å². The Morgan fingerprint density at radius 3 is 1.52 bits per heavy atom. The monoisotopic (exact) mass is 723 g/mol. The average Bonchev–Trinajstić information content (AvgIpc) is 3.96. The Labute approximate surface area is 282 Å². The van der Waals surface area contributed by atoms with E-state index in [2.05, 4.69) is 28.4 Å². The smallest absolute Gasteiger partial charge is 0.344 e. The fourth-order valence-corrected chi connectivity index (χ4v) is 8.70. The Morgan fingerprint density at radius 2 is 1.04 bits per heavy atom. The highest BCUT2D eigenvalue weighted by Gasteiger charge is 2.87. The number of hydrogen-bond acceptors (Lipinski definition) is 17. The zero-order valence-electron chi connectivity index (χ0n) is 28.0. The van der Waals surface area contributed by atoms with Gasteiger partial charge in [0.05, 0.1) is 54.7 Å². The Balaban J connectivity index is 0.000000169. The number of carbonyl (C=O) groups excluding carboxylic acids is 7. The molecule has 6 aliphatic rings. The summed E-state index contributed by atoms with van der Waals surface area (Å²) in [6.45, 7) is 0.